The zero-order chi connectivity index (χ0) is 21.6. The Labute approximate surface area is 186 Å². The second-order valence-corrected chi connectivity index (χ2v) is 9.34. The lowest BCUT2D eigenvalue weighted by atomic mass is 9.83. The first kappa shape index (κ1) is 22.0. The van der Waals surface area contributed by atoms with E-state index in [1.165, 1.54) is 36.4 Å². The van der Waals surface area contributed by atoms with Crippen molar-refractivity contribution < 1.29 is 23.2 Å². The molecule has 0 radical (unpaired) electrons. The predicted molar refractivity (Wildman–Crippen MR) is 114 cm³/mol. The fourth-order valence-corrected chi connectivity index (χ4v) is 5.95. The number of phenols is 2. The number of phenolic OH excluding ortho intramolecular Hbond substituents is 2. The summed E-state index contributed by atoms with van der Waals surface area (Å²) < 4.78 is 34.1. The maximum Gasteiger partial charge on any atom is 0.283 e. The van der Waals surface area contributed by atoms with E-state index in [2.05, 4.69) is 0 Å². The highest BCUT2D eigenvalue weighted by atomic mass is 35.5. The van der Waals surface area contributed by atoms with Gasteiger partial charge in [0, 0.05) is 21.2 Å². The summed E-state index contributed by atoms with van der Waals surface area (Å²) in [6.45, 7) is 0. The van der Waals surface area contributed by atoms with Crippen molar-refractivity contribution in [3.8, 4) is 11.5 Å². The Morgan fingerprint density at radius 2 is 1.38 bits per heavy atom. The van der Waals surface area contributed by atoms with Crippen LogP contribution in [0.5, 0.6) is 11.5 Å². The fourth-order valence-electron chi connectivity index (χ4n) is 3.24. The zero-order valence-corrected chi connectivity index (χ0v) is 18.1. The fraction of sp³-hybridized carbons (Fsp3) is 0.0526. The zero-order valence-electron chi connectivity index (χ0n) is 14.3. The minimum Gasteiger partial charge on any atom is -0.508 e. The highest BCUT2D eigenvalue weighted by Gasteiger charge is 2.52. The van der Waals surface area contributed by atoms with Gasteiger partial charge in [-0.3, -0.25) is 4.55 Å². The van der Waals surface area contributed by atoms with Crippen LogP contribution in [-0.2, 0) is 14.9 Å². The molecule has 5 nitrogen and oxygen atoms in total. The largest absolute Gasteiger partial charge is 0.508 e. The van der Waals surface area contributed by atoms with Crippen LogP contribution in [0.15, 0.2) is 54.6 Å². The first-order valence-corrected chi connectivity index (χ1v) is 10.8. The lowest BCUT2D eigenvalue weighted by molar-refractivity contribution is 0.455. The molecule has 3 aromatic carbocycles. The van der Waals surface area contributed by atoms with Crippen LogP contribution >= 0.6 is 46.4 Å². The van der Waals surface area contributed by atoms with Crippen LogP contribution < -0.4 is 0 Å². The highest BCUT2D eigenvalue weighted by molar-refractivity contribution is 7.87. The average Bonchev–Trinajstić information content (AvgIpc) is 2.59. The van der Waals surface area contributed by atoms with Gasteiger partial charge in [0.15, 0.2) is 4.75 Å². The molecule has 3 rings (SSSR count). The molecule has 0 saturated carbocycles. The predicted octanol–water partition coefficient (Wildman–Crippen LogP) is 5.89. The molecule has 0 fully saturated rings. The summed E-state index contributed by atoms with van der Waals surface area (Å²) in [6.07, 6.45) is 0. The molecule has 0 heterocycles. The SMILES string of the molecule is O=S(=O)(O)C(c1cccc(O)c1)(c1cc(Cl)ccc1Cl)c1c(Cl)cc(O)cc1Cl. The third-order valence-corrected chi connectivity index (χ3v) is 6.92. The van der Waals surface area contributed by atoms with Gasteiger partial charge in [0.05, 0.1) is 10.0 Å². The van der Waals surface area contributed by atoms with Crippen LogP contribution in [0.4, 0.5) is 0 Å². The Morgan fingerprint density at radius 3 is 1.93 bits per heavy atom. The summed E-state index contributed by atoms with van der Waals surface area (Å²) in [6, 6.07) is 11.4. The van der Waals surface area contributed by atoms with E-state index in [-0.39, 0.29) is 48.3 Å². The van der Waals surface area contributed by atoms with Crippen LogP contribution in [0.1, 0.15) is 16.7 Å². The van der Waals surface area contributed by atoms with Crippen LogP contribution in [0.3, 0.4) is 0 Å². The van der Waals surface area contributed by atoms with Crippen molar-refractivity contribution in [3.05, 3.63) is 91.4 Å². The molecule has 1 atom stereocenters. The molecule has 3 aromatic rings. The van der Waals surface area contributed by atoms with E-state index >= 15 is 0 Å². The molecule has 29 heavy (non-hydrogen) atoms. The summed E-state index contributed by atoms with van der Waals surface area (Å²) in [7, 11) is -5.10. The van der Waals surface area contributed by atoms with E-state index in [4.69, 9.17) is 46.4 Å². The molecule has 152 valence electrons. The third-order valence-electron chi connectivity index (χ3n) is 4.33. The molecular formula is C19H12Cl4O5S. The smallest absolute Gasteiger partial charge is 0.283 e. The summed E-state index contributed by atoms with van der Waals surface area (Å²) >= 11 is 25.0. The molecule has 0 spiro atoms. The van der Waals surface area contributed by atoms with Gasteiger partial charge in [0.25, 0.3) is 10.1 Å². The number of hydrogen-bond acceptors (Lipinski definition) is 4. The van der Waals surface area contributed by atoms with E-state index in [1.807, 2.05) is 0 Å². The van der Waals surface area contributed by atoms with Crippen LogP contribution in [0.2, 0.25) is 20.1 Å². The highest BCUT2D eigenvalue weighted by Crippen LogP contribution is 2.52. The van der Waals surface area contributed by atoms with Crippen LogP contribution in [-0.4, -0.2) is 23.2 Å². The standard InChI is InChI=1S/C19H12Cl4O5S/c20-11-4-5-15(21)14(7-11)19(29(26,27)28,10-2-1-3-12(24)6-10)18-16(22)8-13(25)9-17(18)23/h1-9,24-25H,(H,26,27,28). The Morgan fingerprint density at radius 1 is 0.759 bits per heavy atom. The van der Waals surface area contributed by atoms with Gasteiger partial charge in [-0.05, 0) is 48.0 Å². The average molecular weight is 494 g/mol. The summed E-state index contributed by atoms with van der Waals surface area (Å²) in [5.74, 6) is -0.596. The van der Waals surface area contributed by atoms with Crippen molar-refractivity contribution in [1.82, 2.24) is 0 Å². The van der Waals surface area contributed by atoms with Crippen molar-refractivity contribution in [3.63, 3.8) is 0 Å². The minimum atomic E-state index is -5.10. The van der Waals surface area contributed by atoms with Crippen molar-refractivity contribution in [2.45, 2.75) is 4.75 Å². The van der Waals surface area contributed by atoms with Crippen molar-refractivity contribution in [2.24, 2.45) is 0 Å². The quantitative estimate of drug-likeness (QED) is 0.311. The van der Waals surface area contributed by atoms with Crippen LogP contribution in [0, 0.1) is 0 Å². The van der Waals surface area contributed by atoms with Gasteiger partial charge in [0.2, 0.25) is 0 Å². The molecule has 0 aliphatic rings. The normalized spacial score (nSPS) is 13.8. The second kappa shape index (κ2) is 7.87. The van der Waals surface area contributed by atoms with E-state index in [1.54, 1.807) is 0 Å². The molecule has 10 heteroatoms. The maximum atomic E-state index is 13.0. The third kappa shape index (κ3) is 3.77. The lowest BCUT2D eigenvalue weighted by Crippen LogP contribution is -2.39. The van der Waals surface area contributed by atoms with Crippen LogP contribution in [0.25, 0.3) is 0 Å². The molecule has 3 N–H and O–H groups in total. The first-order chi connectivity index (χ1) is 13.5. The van der Waals surface area contributed by atoms with E-state index in [0.29, 0.717) is 0 Å². The number of hydrogen-bond donors (Lipinski definition) is 3. The molecule has 0 aromatic heterocycles. The second-order valence-electron chi connectivity index (χ2n) is 6.12. The summed E-state index contributed by atoms with van der Waals surface area (Å²) in [5.41, 5.74) is -0.510. The molecule has 0 bridgehead atoms. The number of rotatable bonds is 4. The summed E-state index contributed by atoms with van der Waals surface area (Å²) in [4.78, 5) is 0. The van der Waals surface area contributed by atoms with Gasteiger partial charge < -0.3 is 10.2 Å². The Bertz CT molecular complexity index is 1190. The lowest BCUT2D eigenvalue weighted by Gasteiger charge is -2.34. The Balaban J connectivity index is 2.65. The van der Waals surface area contributed by atoms with Gasteiger partial charge in [-0.25, -0.2) is 0 Å². The summed E-state index contributed by atoms with van der Waals surface area (Å²) in [5, 5.41) is 19.4. The number of halogens is 4. The van der Waals surface area contributed by atoms with Gasteiger partial charge in [-0.1, -0.05) is 58.5 Å². The van der Waals surface area contributed by atoms with Gasteiger partial charge in [-0.2, -0.15) is 8.42 Å². The van der Waals surface area contributed by atoms with Crippen molar-refractivity contribution >= 4 is 56.5 Å². The van der Waals surface area contributed by atoms with E-state index < -0.39 is 14.9 Å². The molecule has 0 aliphatic carbocycles. The van der Waals surface area contributed by atoms with Gasteiger partial charge in [0.1, 0.15) is 11.5 Å². The topological polar surface area (TPSA) is 94.8 Å². The van der Waals surface area contributed by atoms with Crippen molar-refractivity contribution in [2.75, 3.05) is 0 Å². The molecule has 1 unspecified atom stereocenters. The minimum absolute atomic E-state index is 0.0597. The maximum absolute atomic E-state index is 13.0. The number of benzene rings is 3. The Kier molecular flexibility index (Phi) is 5.98. The molecule has 0 amide bonds. The molecule has 0 aliphatic heterocycles. The van der Waals surface area contributed by atoms with E-state index in [0.717, 1.165) is 18.2 Å². The molecule has 0 saturated heterocycles. The number of aromatic hydroxyl groups is 2. The Hall–Kier alpha value is -1.67. The van der Waals surface area contributed by atoms with Gasteiger partial charge >= 0.3 is 0 Å². The van der Waals surface area contributed by atoms with Crippen molar-refractivity contribution in [1.29, 1.82) is 0 Å². The first-order valence-electron chi connectivity index (χ1n) is 7.89. The van der Waals surface area contributed by atoms with Gasteiger partial charge in [-0.15, -0.1) is 0 Å². The molecular weight excluding hydrogens is 482 g/mol. The van der Waals surface area contributed by atoms with E-state index in [9.17, 15) is 23.2 Å². The monoisotopic (exact) mass is 492 g/mol.